The Morgan fingerprint density at radius 1 is 0.933 bits per heavy atom. The summed E-state index contributed by atoms with van der Waals surface area (Å²) < 4.78 is 27.5. The van der Waals surface area contributed by atoms with Gasteiger partial charge in [-0.25, -0.2) is 13.4 Å². The molecule has 152 valence electrons. The van der Waals surface area contributed by atoms with Crippen LogP contribution in [0.2, 0.25) is 0 Å². The number of nitrogens with one attached hydrogen (secondary N) is 1. The predicted octanol–water partition coefficient (Wildman–Crippen LogP) is 4.19. The first-order chi connectivity index (χ1) is 14.4. The molecule has 6 nitrogen and oxygen atoms in total. The molecule has 4 rings (SSSR count). The molecule has 7 heteroatoms. The largest absolute Gasteiger partial charge is 0.280 e. The van der Waals surface area contributed by atoms with Crippen molar-refractivity contribution in [2.45, 2.75) is 24.3 Å². The fourth-order valence-corrected chi connectivity index (χ4v) is 4.53. The minimum atomic E-state index is -3.64. The van der Waals surface area contributed by atoms with Crippen LogP contribution in [-0.2, 0) is 14.8 Å². The Labute approximate surface area is 175 Å². The Bertz CT molecular complexity index is 1180. The number of nitrogens with zero attached hydrogens (tertiary/aromatic N) is 2. The molecule has 1 aliphatic heterocycles. The third kappa shape index (κ3) is 4.11. The smallest absolute Gasteiger partial charge is 0.261 e. The van der Waals surface area contributed by atoms with Crippen LogP contribution < -0.4 is 4.72 Å². The second-order valence-corrected chi connectivity index (χ2v) is 8.72. The van der Waals surface area contributed by atoms with Crippen molar-refractivity contribution in [1.29, 1.82) is 0 Å². The minimum absolute atomic E-state index is 0.119. The van der Waals surface area contributed by atoms with E-state index >= 15 is 0 Å². The number of carbonyl (C=O) groups excluding carboxylic acids is 1. The van der Waals surface area contributed by atoms with E-state index in [1.807, 2.05) is 42.5 Å². The molecule has 0 saturated carbocycles. The normalized spacial score (nSPS) is 16.2. The van der Waals surface area contributed by atoms with Gasteiger partial charge in [0.05, 0.1) is 16.6 Å². The van der Waals surface area contributed by atoms with Crippen molar-refractivity contribution in [3.63, 3.8) is 0 Å². The fraction of sp³-hybridized carbons (Fsp3) is 0.130. The summed E-state index contributed by atoms with van der Waals surface area (Å²) in [6, 6.07) is 24.9. The van der Waals surface area contributed by atoms with Gasteiger partial charge >= 0.3 is 0 Å². The standard InChI is InChI=1S/C23H21N3O3S/c1-17(27)26-23(19-8-4-2-5-9-19)16-22(24-26)18-12-14-20(15-13-18)25-30(28,29)21-10-6-3-7-11-21/h2-15,23,25H,16H2,1H3. The van der Waals surface area contributed by atoms with Crippen molar-refractivity contribution in [1.82, 2.24) is 5.01 Å². The van der Waals surface area contributed by atoms with Crippen LogP contribution >= 0.6 is 0 Å². The van der Waals surface area contributed by atoms with E-state index in [0.29, 0.717) is 12.1 Å². The van der Waals surface area contributed by atoms with Crippen LogP contribution in [0.15, 0.2) is 94.9 Å². The van der Waals surface area contributed by atoms with Gasteiger partial charge in [-0.3, -0.25) is 9.52 Å². The highest BCUT2D eigenvalue weighted by Gasteiger charge is 2.31. The van der Waals surface area contributed by atoms with Crippen molar-refractivity contribution in [3.8, 4) is 0 Å². The zero-order chi connectivity index (χ0) is 21.1. The summed E-state index contributed by atoms with van der Waals surface area (Å²) in [5, 5.41) is 6.04. The molecule has 1 heterocycles. The first-order valence-corrected chi connectivity index (χ1v) is 11.0. The Kier molecular flexibility index (Phi) is 5.37. The van der Waals surface area contributed by atoms with Gasteiger partial charge in [0.1, 0.15) is 0 Å². The van der Waals surface area contributed by atoms with Crippen molar-refractivity contribution in [3.05, 3.63) is 96.1 Å². The first-order valence-electron chi connectivity index (χ1n) is 9.54. The number of hydrazone groups is 1. The van der Waals surface area contributed by atoms with E-state index < -0.39 is 10.0 Å². The van der Waals surface area contributed by atoms with Gasteiger partial charge < -0.3 is 0 Å². The molecule has 30 heavy (non-hydrogen) atoms. The molecule has 3 aromatic carbocycles. The average Bonchev–Trinajstić information content (AvgIpc) is 3.21. The van der Waals surface area contributed by atoms with Gasteiger partial charge in [0.25, 0.3) is 10.0 Å². The number of sulfonamides is 1. The summed E-state index contributed by atoms with van der Waals surface area (Å²) in [6.07, 6.45) is 0.596. The van der Waals surface area contributed by atoms with Gasteiger partial charge in [-0.1, -0.05) is 60.7 Å². The van der Waals surface area contributed by atoms with Crippen molar-refractivity contribution < 1.29 is 13.2 Å². The molecular weight excluding hydrogens is 398 g/mol. The summed E-state index contributed by atoms with van der Waals surface area (Å²) in [5.74, 6) is -0.119. The van der Waals surface area contributed by atoms with Crippen molar-refractivity contribution in [2.24, 2.45) is 5.10 Å². The number of anilines is 1. The Hall–Kier alpha value is -3.45. The highest BCUT2D eigenvalue weighted by molar-refractivity contribution is 7.92. The lowest BCUT2D eigenvalue weighted by molar-refractivity contribution is -0.130. The van der Waals surface area contributed by atoms with Crippen LogP contribution in [0.25, 0.3) is 0 Å². The summed E-state index contributed by atoms with van der Waals surface area (Å²) in [7, 11) is -3.64. The number of hydrogen-bond acceptors (Lipinski definition) is 4. The van der Waals surface area contributed by atoms with Crippen LogP contribution in [0.4, 0.5) is 5.69 Å². The molecule has 0 radical (unpaired) electrons. The van der Waals surface area contributed by atoms with Gasteiger partial charge in [-0.05, 0) is 35.4 Å². The van der Waals surface area contributed by atoms with Crippen LogP contribution in [-0.4, -0.2) is 25.0 Å². The maximum atomic E-state index is 12.5. The zero-order valence-electron chi connectivity index (χ0n) is 16.4. The molecule has 0 bridgehead atoms. The maximum Gasteiger partial charge on any atom is 0.261 e. The van der Waals surface area contributed by atoms with E-state index in [-0.39, 0.29) is 16.8 Å². The van der Waals surface area contributed by atoms with E-state index in [0.717, 1.165) is 16.8 Å². The number of carbonyl (C=O) groups is 1. The molecule has 0 aromatic heterocycles. The quantitative estimate of drug-likeness (QED) is 0.674. The summed E-state index contributed by atoms with van der Waals surface area (Å²) in [4.78, 5) is 12.3. The van der Waals surface area contributed by atoms with Gasteiger partial charge in [0.15, 0.2) is 0 Å². The summed E-state index contributed by atoms with van der Waals surface area (Å²) in [6.45, 7) is 1.50. The van der Waals surface area contributed by atoms with Crippen molar-refractivity contribution in [2.75, 3.05) is 4.72 Å². The monoisotopic (exact) mass is 419 g/mol. The van der Waals surface area contributed by atoms with E-state index in [1.165, 1.54) is 11.9 Å². The third-order valence-corrected chi connectivity index (χ3v) is 6.34. The zero-order valence-corrected chi connectivity index (χ0v) is 17.2. The number of rotatable bonds is 5. The lowest BCUT2D eigenvalue weighted by Gasteiger charge is -2.20. The highest BCUT2D eigenvalue weighted by Crippen LogP contribution is 2.32. The van der Waals surface area contributed by atoms with E-state index in [1.54, 1.807) is 42.5 Å². The summed E-state index contributed by atoms with van der Waals surface area (Å²) in [5.41, 5.74) is 3.13. The molecule has 0 fully saturated rings. The third-order valence-electron chi connectivity index (χ3n) is 4.94. The van der Waals surface area contributed by atoms with E-state index in [2.05, 4.69) is 9.82 Å². The highest BCUT2D eigenvalue weighted by atomic mass is 32.2. The van der Waals surface area contributed by atoms with Gasteiger partial charge in [-0.15, -0.1) is 0 Å². The van der Waals surface area contributed by atoms with E-state index in [4.69, 9.17) is 0 Å². The lowest BCUT2D eigenvalue weighted by atomic mass is 9.98. The molecular formula is C23H21N3O3S. The number of amides is 1. The van der Waals surface area contributed by atoms with E-state index in [9.17, 15) is 13.2 Å². The van der Waals surface area contributed by atoms with Crippen LogP contribution in [0.3, 0.4) is 0 Å². The Morgan fingerprint density at radius 2 is 1.53 bits per heavy atom. The number of hydrogen-bond donors (Lipinski definition) is 1. The molecule has 1 atom stereocenters. The second-order valence-electron chi connectivity index (χ2n) is 7.04. The van der Waals surface area contributed by atoms with Crippen LogP contribution in [0.1, 0.15) is 30.5 Å². The van der Waals surface area contributed by atoms with Crippen molar-refractivity contribution >= 4 is 27.3 Å². The second kappa shape index (κ2) is 8.12. The molecule has 1 unspecified atom stereocenters. The lowest BCUT2D eigenvalue weighted by Crippen LogP contribution is -2.24. The van der Waals surface area contributed by atoms with Crippen LogP contribution in [0.5, 0.6) is 0 Å². The Balaban J connectivity index is 1.54. The minimum Gasteiger partial charge on any atom is -0.280 e. The molecule has 1 N–H and O–H groups in total. The molecule has 0 aliphatic carbocycles. The first kappa shape index (κ1) is 19.8. The fourth-order valence-electron chi connectivity index (χ4n) is 3.45. The summed E-state index contributed by atoms with van der Waals surface area (Å²) >= 11 is 0. The number of benzene rings is 3. The molecule has 3 aromatic rings. The average molecular weight is 420 g/mol. The van der Waals surface area contributed by atoms with Crippen LogP contribution in [0, 0.1) is 0 Å². The van der Waals surface area contributed by atoms with Gasteiger partial charge in [0, 0.05) is 19.0 Å². The molecule has 1 aliphatic rings. The molecule has 1 amide bonds. The topological polar surface area (TPSA) is 78.8 Å². The molecule has 0 saturated heterocycles. The van der Waals surface area contributed by atoms with Gasteiger partial charge in [0.2, 0.25) is 5.91 Å². The Morgan fingerprint density at radius 3 is 2.13 bits per heavy atom. The SMILES string of the molecule is CC(=O)N1N=C(c2ccc(NS(=O)(=O)c3ccccc3)cc2)CC1c1ccccc1. The predicted molar refractivity (Wildman–Crippen MR) is 117 cm³/mol. The van der Waals surface area contributed by atoms with Gasteiger partial charge in [-0.2, -0.15) is 5.10 Å². The molecule has 0 spiro atoms. The maximum absolute atomic E-state index is 12.5.